The highest BCUT2D eigenvalue weighted by Gasteiger charge is 2.41. The van der Waals surface area contributed by atoms with Crippen LogP contribution in [0.1, 0.15) is 18.4 Å². The Labute approximate surface area is 103 Å². The number of likely N-dealkylation sites (tertiary alicyclic amines) is 1. The van der Waals surface area contributed by atoms with Gasteiger partial charge < -0.3 is 0 Å². The molecule has 3 atom stereocenters. The largest absolute Gasteiger partial charge is 0.298 e. The Morgan fingerprint density at radius 2 is 1.76 bits per heavy atom. The molecule has 1 aliphatic heterocycles. The van der Waals surface area contributed by atoms with Gasteiger partial charge in [-0.3, -0.25) is 4.90 Å². The molecule has 2 aliphatic rings. The van der Waals surface area contributed by atoms with E-state index in [1.54, 1.807) is 0 Å². The molecule has 1 saturated carbocycles. The first-order valence-corrected chi connectivity index (χ1v) is 6.52. The van der Waals surface area contributed by atoms with Crippen LogP contribution < -0.4 is 0 Å². The van der Waals surface area contributed by atoms with E-state index in [1.807, 2.05) is 0 Å². The summed E-state index contributed by atoms with van der Waals surface area (Å²) in [6.07, 6.45) is 2.52. The van der Waals surface area contributed by atoms with E-state index in [0.717, 1.165) is 19.6 Å². The molecule has 2 fully saturated rings. The Hall–Kier alpha value is -1.33. The summed E-state index contributed by atoms with van der Waals surface area (Å²) < 4.78 is 0. The fourth-order valence-electron chi connectivity index (χ4n) is 3.50. The molecule has 2 heteroatoms. The zero-order valence-corrected chi connectivity index (χ0v) is 10.0. The molecule has 2 nitrogen and oxygen atoms in total. The minimum Gasteiger partial charge on any atom is -0.298 e. The van der Waals surface area contributed by atoms with E-state index in [4.69, 9.17) is 0 Å². The third-order valence-corrected chi connectivity index (χ3v) is 4.31. The number of benzene rings is 1. The van der Waals surface area contributed by atoms with Gasteiger partial charge in [-0.1, -0.05) is 30.3 Å². The van der Waals surface area contributed by atoms with Gasteiger partial charge in [0.2, 0.25) is 0 Å². The van der Waals surface area contributed by atoms with Gasteiger partial charge in [0.25, 0.3) is 0 Å². The molecule has 2 bridgehead atoms. The number of nitrogens with zero attached hydrogens (tertiary/aromatic N) is 2. The summed E-state index contributed by atoms with van der Waals surface area (Å²) in [6, 6.07) is 13.2. The lowest BCUT2D eigenvalue weighted by molar-refractivity contribution is 0.129. The van der Waals surface area contributed by atoms with Crippen molar-refractivity contribution in [3.05, 3.63) is 35.9 Å². The molecule has 0 amide bonds. The average molecular weight is 226 g/mol. The Kier molecular flexibility index (Phi) is 2.86. The van der Waals surface area contributed by atoms with Crippen molar-refractivity contribution in [2.45, 2.75) is 19.4 Å². The molecule has 1 unspecified atom stereocenters. The van der Waals surface area contributed by atoms with E-state index >= 15 is 0 Å². The Bertz CT molecular complexity index is 406. The maximum Gasteiger partial charge on any atom is 0.0662 e. The lowest BCUT2D eigenvalue weighted by atomic mass is 9.86. The van der Waals surface area contributed by atoms with Crippen molar-refractivity contribution in [1.29, 1.82) is 5.26 Å². The van der Waals surface area contributed by atoms with Crippen LogP contribution in [0.4, 0.5) is 0 Å². The average Bonchev–Trinajstić information content (AvgIpc) is 2.61. The molecule has 88 valence electrons. The number of hydrogen-bond acceptors (Lipinski definition) is 2. The highest BCUT2D eigenvalue weighted by atomic mass is 15.1. The van der Waals surface area contributed by atoms with Gasteiger partial charge in [-0.15, -0.1) is 0 Å². The van der Waals surface area contributed by atoms with Crippen LogP contribution in [0.25, 0.3) is 0 Å². The molecule has 17 heavy (non-hydrogen) atoms. The topological polar surface area (TPSA) is 27.0 Å². The van der Waals surface area contributed by atoms with Gasteiger partial charge in [-0.05, 0) is 30.2 Å². The number of nitriles is 1. The number of piperidine rings is 1. The van der Waals surface area contributed by atoms with Crippen LogP contribution >= 0.6 is 0 Å². The van der Waals surface area contributed by atoms with Crippen molar-refractivity contribution >= 4 is 0 Å². The van der Waals surface area contributed by atoms with Gasteiger partial charge in [-0.25, -0.2) is 0 Å². The van der Waals surface area contributed by atoms with Gasteiger partial charge in [0.15, 0.2) is 0 Å². The van der Waals surface area contributed by atoms with Crippen LogP contribution in [0.2, 0.25) is 0 Å². The first-order chi connectivity index (χ1) is 8.36. The maximum atomic E-state index is 9.18. The normalized spacial score (nSPS) is 32.3. The second-order valence-electron chi connectivity index (χ2n) is 5.43. The van der Waals surface area contributed by atoms with Crippen LogP contribution in [0.5, 0.6) is 0 Å². The van der Waals surface area contributed by atoms with E-state index in [-0.39, 0.29) is 0 Å². The van der Waals surface area contributed by atoms with Crippen molar-refractivity contribution < 1.29 is 0 Å². The predicted octanol–water partition coefficient (Wildman–Crippen LogP) is 2.67. The van der Waals surface area contributed by atoms with E-state index in [0.29, 0.717) is 17.8 Å². The molecule has 0 radical (unpaired) electrons. The summed E-state index contributed by atoms with van der Waals surface area (Å²) in [5.41, 5.74) is 1.39. The fraction of sp³-hybridized carbons (Fsp3) is 0.533. The first kappa shape index (κ1) is 10.8. The highest BCUT2D eigenvalue weighted by molar-refractivity contribution is 5.15. The third kappa shape index (κ3) is 2.08. The van der Waals surface area contributed by atoms with Crippen LogP contribution in [0.3, 0.4) is 0 Å². The van der Waals surface area contributed by atoms with Gasteiger partial charge in [-0.2, -0.15) is 5.26 Å². The van der Waals surface area contributed by atoms with Crippen molar-refractivity contribution in [3.8, 4) is 6.07 Å². The van der Waals surface area contributed by atoms with Crippen LogP contribution in [0, 0.1) is 29.1 Å². The van der Waals surface area contributed by atoms with Gasteiger partial charge in [0.1, 0.15) is 0 Å². The minimum atomic E-state index is 0.335. The molecular weight excluding hydrogens is 208 g/mol. The Morgan fingerprint density at radius 3 is 2.35 bits per heavy atom. The Morgan fingerprint density at radius 1 is 1.12 bits per heavy atom. The summed E-state index contributed by atoms with van der Waals surface area (Å²) in [5.74, 6) is 1.59. The summed E-state index contributed by atoms with van der Waals surface area (Å²) in [4.78, 5) is 2.53. The van der Waals surface area contributed by atoms with Crippen molar-refractivity contribution in [1.82, 2.24) is 4.90 Å². The van der Waals surface area contributed by atoms with Crippen molar-refractivity contribution in [2.24, 2.45) is 17.8 Å². The molecule has 0 N–H and O–H groups in total. The molecule has 3 rings (SSSR count). The summed E-state index contributed by atoms with van der Waals surface area (Å²) in [7, 11) is 0. The van der Waals surface area contributed by atoms with E-state index in [2.05, 4.69) is 41.3 Å². The molecule has 0 aromatic heterocycles. The highest BCUT2D eigenvalue weighted by Crippen LogP contribution is 2.41. The molecule has 1 saturated heterocycles. The molecule has 1 aromatic carbocycles. The quantitative estimate of drug-likeness (QED) is 0.775. The van der Waals surface area contributed by atoms with Crippen molar-refractivity contribution in [2.75, 3.05) is 13.1 Å². The fourth-order valence-corrected chi connectivity index (χ4v) is 3.50. The standard InChI is InChI=1S/C15H18N2/c16-8-15-13-6-7-14(15)11-17(10-13)9-12-4-2-1-3-5-12/h1-5,13-15H,6-7,9-11H2/t13-,14+,15?. The summed E-state index contributed by atoms with van der Waals surface area (Å²) >= 11 is 0. The van der Waals surface area contributed by atoms with Gasteiger partial charge >= 0.3 is 0 Å². The van der Waals surface area contributed by atoms with Gasteiger partial charge in [0.05, 0.1) is 12.0 Å². The van der Waals surface area contributed by atoms with E-state index in [9.17, 15) is 5.26 Å². The molecule has 1 aliphatic carbocycles. The van der Waals surface area contributed by atoms with E-state index in [1.165, 1.54) is 18.4 Å². The van der Waals surface area contributed by atoms with Crippen LogP contribution in [-0.4, -0.2) is 18.0 Å². The van der Waals surface area contributed by atoms with Crippen LogP contribution in [-0.2, 0) is 6.54 Å². The van der Waals surface area contributed by atoms with Gasteiger partial charge in [0, 0.05) is 19.6 Å². The maximum absolute atomic E-state index is 9.18. The molecule has 1 heterocycles. The SMILES string of the molecule is N#CC1[C@@H]2CC[C@H]1CN(Cc1ccccc1)C2. The number of fused-ring (bicyclic) bond motifs is 2. The minimum absolute atomic E-state index is 0.335. The first-order valence-electron chi connectivity index (χ1n) is 6.52. The lowest BCUT2D eigenvalue weighted by Gasteiger charge is -2.34. The number of hydrogen-bond donors (Lipinski definition) is 0. The Balaban J connectivity index is 1.67. The summed E-state index contributed by atoms with van der Waals surface area (Å²) in [6.45, 7) is 3.28. The molecular formula is C15H18N2. The second kappa shape index (κ2) is 4.50. The van der Waals surface area contributed by atoms with Crippen LogP contribution in [0.15, 0.2) is 30.3 Å². The lowest BCUT2D eigenvalue weighted by Crippen LogP contribution is -2.40. The van der Waals surface area contributed by atoms with Crippen molar-refractivity contribution in [3.63, 3.8) is 0 Å². The zero-order valence-electron chi connectivity index (χ0n) is 10.0. The predicted molar refractivity (Wildman–Crippen MR) is 67.0 cm³/mol. The number of rotatable bonds is 2. The monoisotopic (exact) mass is 226 g/mol. The molecule has 1 aromatic rings. The second-order valence-corrected chi connectivity index (χ2v) is 5.43. The summed E-state index contributed by atoms with van der Waals surface area (Å²) in [5, 5.41) is 9.18. The smallest absolute Gasteiger partial charge is 0.0662 e. The zero-order chi connectivity index (χ0) is 11.7. The molecule has 0 spiro atoms. The van der Waals surface area contributed by atoms with E-state index < -0.39 is 0 Å². The third-order valence-electron chi connectivity index (χ3n) is 4.31.